The molecule has 124 valence electrons. The van der Waals surface area contributed by atoms with Gasteiger partial charge in [-0.05, 0) is 23.8 Å². The quantitative estimate of drug-likeness (QED) is 0.928. The fourth-order valence-electron chi connectivity index (χ4n) is 2.92. The highest BCUT2D eigenvalue weighted by molar-refractivity contribution is 6.30. The lowest BCUT2D eigenvalue weighted by Gasteiger charge is -2.26. The van der Waals surface area contributed by atoms with Crippen LogP contribution in [0, 0.1) is 5.82 Å². The molecule has 1 aromatic carbocycles. The molecule has 0 bridgehead atoms. The largest absolute Gasteiger partial charge is 0.346 e. The molecule has 24 heavy (non-hydrogen) atoms. The van der Waals surface area contributed by atoms with Crippen LogP contribution in [0.25, 0.3) is 0 Å². The van der Waals surface area contributed by atoms with Crippen LogP contribution in [0.1, 0.15) is 28.4 Å². The van der Waals surface area contributed by atoms with Gasteiger partial charge in [-0.25, -0.2) is 4.39 Å². The Balaban J connectivity index is 1.85. The lowest BCUT2D eigenvalue weighted by Crippen LogP contribution is -2.39. The SMILES string of the molecule is CN1C(=O)CC(NC(=O)c2ccncc2F)C1c1ccc(Cl)cc1. The van der Waals surface area contributed by atoms with Crippen molar-refractivity contribution in [3.8, 4) is 0 Å². The highest BCUT2D eigenvalue weighted by Crippen LogP contribution is 2.32. The van der Waals surface area contributed by atoms with Crippen molar-refractivity contribution in [2.75, 3.05) is 7.05 Å². The molecule has 1 saturated heterocycles. The molecule has 2 atom stereocenters. The second-order valence-corrected chi connectivity index (χ2v) is 6.08. The number of halogens is 2. The number of likely N-dealkylation sites (tertiary alicyclic amines) is 1. The Morgan fingerprint density at radius 2 is 2.04 bits per heavy atom. The highest BCUT2D eigenvalue weighted by Gasteiger charge is 2.39. The van der Waals surface area contributed by atoms with Gasteiger partial charge in [-0.2, -0.15) is 0 Å². The smallest absolute Gasteiger partial charge is 0.254 e. The van der Waals surface area contributed by atoms with E-state index < -0.39 is 17.8 Å². The third-order valence-corrected chi connectivity index (χ3v) is 4.38. The summed E-state index contributed by atoms with van der Waals surface area (Å²) in [7, 11) is 1.68. The number of pyridine rings is 1. The van der Waals surface area contributed by atoms with Gasteiger partial charge in [-0.15, -0.1) is 0 Å². The van der Waals surface area contributed by atoms with Gasteiger partial charge in [0.25, 0.3) is 5.91 Å². The summed E-state index contributed by atoms with van der Waals surface area (Å²) in [5, 5.41) is 3.35. The average Bonchev–Trinajstić information content (AvgIpc) is 2.83. The van der Waals surface area contributed by atoms with Crippen LogP contribution in [-0.2, 0) is 4.79 Å². The second kappa shape index (κ2) is 6.57. The van der Waals surface area contributed by atoms with Gasteiger partial charge < -0.3 is 10.2 Å². The Morgan fingerprint density at radius 3 is 2.71 bits per heavy atom. The third-order valence-electron chi connectivity index (χ3n) is 4.13. The summed E-state index contributed by atoms with van der Waals surface area (Å²) in [6.45, 7) is 0. The summed E-state index contributed by atoms with van der Waals surface area (Å²) in [6, 6.07) is 7.61. The summed E-state index contributed by atoms with van der Waals surface area (Å²) in [6.07, 6.45) is 2.49. The lowest BCUT2D eigenvalue weighted by atomic mass is 10.00. The molecule has 0 aliphatic carbocycles. The Kier molecular flexibility index (Phi) is 4.49. The van der Waals surface area contributed by atoms with Gasteiger partial charge >= 0.3 is 0 Å². The van der Waals surface area contributed by atoms with Gasteiger partial charge in [0.05, 0.1) is 23.8 Å². The molecule has 5 nitrogen and oxygen atoms in total. The molecule has 3 rings (SSSR count). The first-order valence-corrected chi connectivity index (χ1v) is 7.76. The van der Waals surface area contributed by atoms with Crippen molar-refractivity contribution in [2.24, 2.45) is 0 Å². The van der Waals surface area contributed by atoms with E-state index in [-0.39, 0.29) is 23.9 Å². The first-order valence-electron chi connectivity index (χ1n) is 7.39. The number of hydrogen-bond acceptors (Lipinski definition) is 3. The van der Waals surface area contributed by atoms with E-state index in [1.165, 1.54) is 12.3 Å². The van der Waals surface area contributed by atoms with Gasteiger partial charge in [0.2, 0.25) is 5.91 Å². The first kappa shape index (κ1) is 16.4. The van der Waals surface area contributed by atoms with E-state index in [4.69, 9.17) is 11.6 Å². The molecule has 1 N–H and O–H groups in total. The van der Waals surface area contributed by atoms with Gasteiger partial charge in [0, 0.05) is 24.7 Å². The van der Waals surface area contributed by atoms with Crippen molar-refractivity contribution in [3.63, 3.8) is 0 Å². The number of rotatable bonds is 3. The zero-order chi connectivity index (χ0) is 17.3. The molecule has 0 spiro atoms. The molecule has 0 radical (unpaired) electrons. The molecule has 2 heterocycles. The maximum atomic E-state index is 13.7. The lowest BCUT2D eigenvalue weighted by molar-refractivity contribution is -0.127. The fourth-order valence-corrected chi connectivity index (χ4v) is 3.05. The number of carbonyl (C=O) groups excluding carboxylic acids is 2. The summed E-state index contributed by atoms with van der Waals surface area (Å²) < 4.78 is 13.7. The Morgan fingerprint density at radius 1 is 1.33 bits per heavy atom. The number of carbonyl (C=O) groups is 2. The molecular formula is C17H15ClFN3O2. The molecule has 1 aliphatic rings. The van der Waals surface area contributed by atoms with E-state index in [0.717, 1.165) is 11.8 Å². The van der Waals surface area contributed by atoms with Crippen molar-refractivity contribution in [1.82, 2.24) is 15.2 Å². The Hall–Kier alpha value is -2.47. The number of nitrogens with one attached hydrogen (secondary N) is 1. The van der Waals surface area contributed by atoms with Crippen molar-refractivity contribution in [2.45, 2.75) is 18.5 Å². The number of benzene rings is 1. The van der Waals surface area contributed by atoms with Crippen LogP contribution in [0.15, 0.2) is 42.7 Å². The molecule has 2 amide bonds. The van der Waals surface area contributed by atoms with Gasteiger partial charge in [-0.1, -0.05) is 23.7 Å². The number of likely N-dealkylation sites (N-methyl/N-ethyl adjacent to an activating group) is 1. The zero-order valence-corrected chi connectivity index (χ0v) is 13.6. The van der Waals surface area contributed by atoms with Crippen LogP contribution in [0.2, 0.25) is 5.02 Å². The maximum Gasteiger partial charge on any atom is 0.254 e. The first-order chi connectivity index (χ1) is 11.5. The normalized spacial score (nSPS) is 20.3. The van der Waals surface area contributed by atoms with E-state index in [9.17, 15) is 14.0 Å². The predicted octanol–water partition coefficient (Wildman–Crippen LogP) is 2.58. The number of aromatic nitrogens is 1. The monoisotopic (exact) mass is 347 g/mol. The van der Waals surface area contributed by atoms with Crippen LogP contribution in [-0.4, -0.2) is 34.8 Å². The van der Waals surface area contributed by atoms with Crippen LogP contribution in [0.3, 0.4) is 0 Å². The number of nitrogens with zero attached hydrogens (tertiary/aromatic N) is 2. The minimum Gasteiger partial charge on any atom is -0.346 e. The zero-order valence-electron chi connectivity index (χ0n) is 12.9. The average molecular weight is 348 g/mol. The third kappa shape index (κ3) is 3.10. The van der Waals surface area contributed by atoms with Gasteiger partial charge in [-0.3, -0.25) is 14.6 Å². The number of amides is 2. The summed E-state index contributed by atoms with van der Waals surface area (Å²) >= 11 is 5.90. The topological polar surface area (TPSA) is 62.3 Å². The minimum atomic E-state index is -0.698. The minimum absolute atomic E-state index is 0.0875. The molecule has 7 heteroatoms. The van der Waals surface area contributed by atoms with E-state index in [1.807, 2.05) is 12.1 Å². The van der Waals surface area contributed by atoms with Gasteiger partial charge in [0.15, 0.2) is 5.82 Å². The Bertz CT molecular complexity index is 782. The number of hydrogen-bond donors (Lipinski definition) is 1. The van der Waals surface area contributed by atoms with Crippen molar-refractivity contribution < 1.29 is 14.0 Å². The predicted molar refractivity (Wildman–Crippen MR) is 87.0 cm³/mol. The van der Waals surface area contributed by atoms with E-state index >= 15 is 0 Å². The van der Waals surface area contributed by atoms with Crippen molar-refractivity contribution in [1.29, 1.82) is 0 Å². The van der Waals surface area contributed by atoms with Crippen molar-refractivity contribution >= 4 is 23.4 Å². The second-order valence-electron chi connectivity index (χ2n) is 5.64. The maximum absolute atomic E-state index is 13.7. The van der Waals surface area contributed by atoms with Crippen LogP contribution in [0.4, 0.5) is 4.39 Å². The standard InChI is InChI=1S/C17H15ClFN3O2/c1-22-15(23)8-14(16(22)10-2-4-11(18)5-3-10)21-17(24)12-6-7-20-9-13(12)19/h2-7,9,14,16H,8H2,1H3,(H,21,24). The Labute approximate surface area is 143 Å². The van der Waals surface area contributed by atoms with Gasteiger partial charge in [0.1, 0.15) is 0 Å². The molecular weight excluding hydrogens is 333 g/mol. The molecule has 0 saturated carbocycles. The van der Waals surface area contributed by atoms with Crippen molar-refractivity contribution in [3.05, 3.63) is 64.7 Å². The van der Waals surface area contributed by atoms with E-state index in [2.05, 4.69) is 10.3 Å². The van der Waals surface area contributed by atoms with Crippen LogP contribution < -0.4 is 5.32 Å². The molecule has 1 fully saturated rings. The molecule has 2 unspecified atom stereocenters. The molecule has 1 aliphatic heterocycles. The van der Waals surface area contributed by atoms with Crippen LogP contribution >= 0.6 is 11.6 Å². The summed E-state index contributed by atoms with van der Waals surface area (Å²) in [4.78, 5) is 29.6. The van der Waals surface area contributed by atoms with E-state index in [0.29, 0.717) is 5.02 Å². The van der Waals surface area contributed by atoms with E-state index in [1.54, 1.807) is 24.1 Å². The summed E-state index contributed by atoms with van der Waals surface area (Å²) in [5.74, 6) is -1.35. The molecule has 1 aromatic heterocycles. The highest BCUT2D eigenvalue weighted by atomic mass is 35.5. The molecule has 2 aromatic rings. The fraction of sp³-hybridized carbons (Fsp3) is 0.235. The summed E-state index contributed by atoms with van der Waals surface area (Å²) in [5.41, 5.74) is 0.759. The van der Waals surface area contributed by atoms with Crippen LogP contribution in [0.5, 0.6) is 0 Å².